The standard InChI is InChI=1S/C18H26BrIO/c1-17(2,3)15-8-10-18(13-20,11-9-15)21-12-14-4-6-16(19)7-5-14/h4-7,15H,8-13H2,1-3H3. The molecule has 0 saturated heterocycles. The van der Waals surface area contributed by atoms with Crippen molar-refractivity contribution in [3.05, 3.63) is 34.3 Å². The molecule has 0 radical (unpaired) electrons. The highest BCUT2D eigenvalue weighted by Crippen LogP contribution is 2.43. The van der Waals surface area contributed by atoms with Gasteiger partial charge in [0.05, 0.1) is 12.2 Å². The molecule has 0 amide bonds. The molecule has 21 heavy (non-hydrogen) atoms. The fourth-order valence-electron chi connectivity index (χ4n) is 3.14. The second-order valence-corrected chi connectivity index (χ2v) is 9.05. The van der Waals surface area contributed by atoms with Crippen LogP contribution in [-0.2, 0) is 11.3 Å². The summed E-state index contributed by atoms with van der Waals surface area (Å²) in [5, 5.41) is 0. The quantitative estimate of drug-likeness (QED) is 0.371. The maximum Gasteiger partial charge on any atom is 0.0776 e. The van der Waals surface area contributed by atoms with Crippen molar-refractivity contribution in [2.75, 3.05) is 4.43 Å². The first-order valence-corrected chi connectivity index (χ1v) is 10.1. The maximum atomic E-state index is 6.38. The minimum Gasteiger partial charge on any atom is -0.370 e. The molecule has 2 rings (SSSR count). The van der Waals surface area contributed by atoms with Crippen LogP contribution in [0.5, 0.6) is 0 Å². The van der Waals surface area contributed by atoms with Gasteiger partial charge < -0.3 is 4.74 Å². The highest BCUT2D eigenvalue weighted by Gasteiger charge is 2.38. The van der Waals surface area contributed by atoms with E-state index in [-0.39, 0.29) is 5.60 Å². The van der Waals surface area contributed by atoms with Crippen molar-refractivity contribution < 1.29 is 4.74 Å². The van der Waals surface area contributed by atoms with Crippen LogP contribution in [0.4, 0.5) is 0 Å². The Balaban J connectivity index is 1.92. The van der Waals surface area contributed by atoms with Crippen molar-refractivity contribution in [2.24, 2.45) is 11.3 Å². The van der Waals surface area contributed by atoms with Crippen molar-refractivity contribution in [3.63, 3.8) is 0 Å². The molecule has 0 N–H and O–H groups in total. The summed E-state index contributed by atoms with van der Waals surface area (Å²) in [5.41, 5.74) is 1.79. The van der Waals surface area contributed by atoms with Crippen molar-refractivity contribution in [1.82, 2.24) is 0 Å². The van der Waals surface area contributed by atoms with E-state index in [1.54, 1.807) is 0 Å². The number of hydrogen-bond donors (Lipinski definition) is 0. The Labute approximate surface area is 151 Å². The molecule has 0 aromatic heterocycles. The topological polar surface area (TPSA) is 9.23 Å². The number of halogens is 2. The van der Waals surface area contributed by atoms with Crippen LogP contribution in [-0.4, -0.2) is 10.0 Å². The van der Waals surface area contributed by atoms with Crippen LogP contribution >= 0.6 is 38.5 Å². The minimum absolute atomic E-state index is 0.0926. The molecule has 1 fully saturated rings. The molecule has 1 aromatic carbocycles. The number of rotatable bonds is 4. The average Bonchev–Trinajstić information content (AvgIpc) is 2.46. The van der Waals surface area contributed by atoms with Crippen molar-refractivity contribution >= 4 is 38.5 Å². The lowest BCUT2D eigenvalue weighted by molar-refractivity contribution is -0.0772. The maximum absolute atomic E-state index is 6.38. The van der Waals surface area contributed by atoms with Crippen molar-refractivity contribution in [1.29, 1.82) is 0 Å². The first-order chi connectivity index (χ1) is 9.85. The molecular weight excluding hydrogens is 439 g/mol. The Kier molecular flexibility index (Phi) is 6.17. The van der Waals surface area contributed by atoms with E-state index in [0.717, 1.165) is 21.4 Å². The molecule has 1 aliphatic rings. The van der Waals surface area contributed by atoms with Gasteiger partial charge >= 0.3 is 0 Å². The van der Waals surface area contributed by atoms with E-state index in [1.165, 1.54) is 31.2 Å². The lowest BCUT2D eigenvalue weighted by atomic mass is 9.69. The molecule has 1 aromatic rings. The number of benzene rings is 1. The van der Waals surface area contributed by atoms with Crippen LogP contribution in [0.2, 0.25) is 0 Å². The fraction of sp³-hybridized carbons (Fsp3) is 0.667. The van der Waals surface area contributed by atoms with E-state index < -0.39 is 0 Å². The molecule has 0 aliphatic heterocycles. The third-order valence-corrected chi connectivity index (χ3v) is 6.74. The first kappa shape index (κ1) is 17.7. The number of hydrogen-bond acceptors (Lipinski definition) is 1. The SMILES string of the molecule is CC(C)(C)C1CCC(CI)(OCc2ccc(Br)cc2)CC1. The fourth-order valence-corrected chi connectivity index (χ4v) is 4.39. The Hall–Kier alpha value is 0.390. The predicted molar refractivity (Wildman–Crippen MR) is 102 cm³/mol. The monoisotopic (exact) mass is 464 g/mol. The van der Waals surface area contributed by atoms with E-state index in [4.69, 9.17) is 4.74 Å². The smallest absolute Gasteiger partial charge is 0.0776 e. The molecule has 3 heteroatoms. The van der Waals surface area contributed by atoms with E-state index in [1.807, 2.05) is 0 Å². The van der Waals surface area contributed by atoms with E-state index >= 15 is 0 Å². The van der Waals surface area contributed by atoms with Gasteiger partial charge in [-0.15, -0.1) is 0 Å². The normalized spacial score (nSPS) is 26.8. The molecule has 0 unspecified atom stereocenters. The summed E-state index contributed by atoms with van der Waals surface area (Å²) in [5.74, 6) is 0.838. The molecule has 118 valence electrons. The highest BCUT2D eigenvalue weighted by molar-refractivity contribution is 14.1. The molecule has 1 nitrogen and oxygen atoms in total. The van der Waals surface area contributed by atoms with Gasteiger partial charge in [0.2, 0.25) is 0 Å². The Morgan fingerprint density at radius 2 is 1.76 bits per heavy atom. The van der Waals surface area contributed by atoms with Gasteiger partial charge in [0.15, 0.2) is 0 Å². The second-order valence-electron chi connectivity index (χ2n) is 7.37. The average molecular weight is 465 g/mol. The predicted octanol–water partition coefficient (Wildman–Crippen LogP) is 6.38. The van der Waals surface area contributed by atoms with Crippen LogP contribution < -0.4 is 0 Å². The zero-order valence-corrected chi connectivity index (χ0v) is 17.0. The molecule has 1 saturated carbocycles. The van der Waals surface area contributed by atoms with Gasteiger partial charge in [-0.25, -0.2) is 0 Å². The molecule has 1 aliphatic carbocycles. The Bertz CT molecular complexity index is 441. The number of alkyl halides is 1. The van der Waals surface area contributed by atoms with Gasteiger partial charge in [0.1, 0.15) is 0 Å². The van der Waals surface area contributed by atoms with Crippen LogP contribution in [0.25, 0.3) is 0 Å². The third kappa shape index (κ3) is 4.93. The summed E-state index contributed by atoms with van der Waals surface area (Å²) in [6.07, 6.45) is 5.00. The van der Waals surface area contributed by atoms with Crippen LogP contribution in [0, 0.1) is 11.3 Å². The van der Waals surface area contributed by atoms with Crippen LogP contribution in [0.15, 0.2) is 28.7 Å². The van der Waals surface area contributed by atoms with Gasteiger partial charge in [0.25, 0.3) is 0 Å². The summed E-state index contributed by atoms with van der Waals surface area (Å²) in [4.78, 5) is 0. The van der Waals surface area contributed by atoms with Gasteiger partial charge in [-0.1, -0.05) is 71.4 Å². The minimum atomic E-state index is 0.0926. The molecule has 0 spiro atoms. The van der Waals surface area contributed by atoms with E-state index in [2.05, 4.69) is 83.6 Å². The van der Waals surface area contributed by atoms with Crippen molar-refractivity contribution in [2.45, 2.75) is 58.7 Å². The Morgan fingerprint density at radius 1 is 1.19 bits per heavy atom. The first-order valence-electron chi connectivity index (χ1n) is 7.79. The summed E-state index contributed by atoms with van der Waals surface area (Å²) in [6.45, 7) is 7.85. The van der Waals surface area contributed by atoms with Gasteiger partial charge in [0, 0.05) is 8.90 Å². The zero-order chi connectivity index (χ0) is 15.5. The lowest BCUT2D eigenvalue weighted by Crippen LogP contribution is -2.41. The largest absolute Gasteiger partial charge is 0.370 e. The van der Waals surface area contributed by atoms with Crippen molar-refractivity contribution in [3.8, 4) is 0 Å². The zero-order valence-electron chi connectivity index (χ0n) is 13.3. The second kappa shape index (κ2) is 7.31. The Morgan fingerprint density at radius 3 is 2.24 bits per heavy atom. The van der Waals surface area contributed by atoms with Gasteiger partial charge in [-0.2, -0.15) is 0 Å². The molecule has 0 heterocycles. The summed E-state index contributed by atoms with van der Waals surface area (Å²) in [7, 11) is 0. The van der Waals surface area contributed by atoms with Crippen LogP contribution in [0.3, 0.4) is 0 Å². The molecule has 0 bridgehead atoms. The molecule has 0 atom stereocenters. The van der Waals surface area contributed by atoms with E-state index in [0.29, 0.717) is 5.41 Å². The third-order valence-electron chi connectivity index (χ3n) is 4.82. The highest BCUT2D eigenvalue weighted by atomic mass is 127. The molecular formula is C18H26BrIO. The van der Waals surface area contributed by atoms with Gasteiger partial charge in [-0.05, 0) is 54.7 Å². The van der Waals surface area contributed by atoms with Crippen LogP contribution in [0.1, 0.15) is 52.0 Å². The van der Waals surface area contributed by atoms with Gasteiger partial charge in [-0.3, -0.25) is 0 Å². The summed E-state index contributed by atoms with van der Waals surface area (Å²) in [6, 6.07) is 8.47. The number of ether oxygens (including phenoxy) is 1. The van der Waals surface area contributed by atoms with E-state index in [9.17, 15) is 0 Å². The summed E-state index contributed by atoms with van der Waals surface area (Å²) >= 11 is 5.98. The summed E-state index contributed by atoms with van der Waals surface area (Å²) < 4.78 is 8.60. The lowest BCUT2D eigenvalue weighted by Gasteiger charge is -2.43.